The van der Waals surface area contributed by atoms with Crippen molar-refractivity contribution < 1.29 is 4.79 Å². The molecule has 3 N–H and O–H groups in total. The minimum absolute atomic E-state index is 0.123. The number of nitrogens with zero attached hydrogens (tertiary/aromatic N) is 3. The zero-order valence-electron chi connectivity index (χ0n) is 12.7. The van der Waals surface area contributed by atoms with E-state index in [1.165, 1.54) is 27.8 Å². The van der Waals surface area contributed by atoms with Crippen molar-refractivity contribution in [3.63, 3.8) is 0 Å². The first-order chi connectivity index (χ1) is 11.5. The average Bonchev–Trinajstić information content (AvgIpc) is 3.19. The van der Waals surface area contributed by atoms with Crippen molar-refractivity contribution in [2.24, 2.45) is 0 Å². The maximum atomic E-state index is 12.1. The van der Waals surface area contributed by atoms with Crippen LogP contribution in [0.3, 0.4) is 0 Å². The van der Waals surface area contributed by atoms with E-state index in [0.717, 1.165) is 20.6 Å². The lowest BCUT2D eigenvalue weighted by atomic mass is 10.2. The third-order valence-corrected chi connectivity index (χ3v) is 5.88. The molecule has 0 aliphatic rings. The zero-order chi connectivity index (χ0) is 17.1. The number of rotatable bonds is 5. The van der Waals surface area contributed by atoms with Crippen LogP contribution in [0.25, 0.3) is 10.7 Å². The molecule has 1 amide bonds. The molecule has 9 heteroatoms. The highest BCUT2D eigenvalue weighted by Gasteiger charge is 2.14. The normalized spacial score (nSPS) is 10.8. The van der Waals surface area contributed by atoms with E-state index in [9.17, 15) is 4.79 Å². The number of nitrogens with one attached hydrogen (secondary N) is 1. The summed E-state index contributed by atoms with van der Waals surface area (Å²) in [6.45, 7) is 1.97. The van der Waals surface area contributed by atoms with Gasteiger partial charge in [-0.05, 0) is 42.1 Å². The monoisotopic (exact) mass is 423 g/mol. The van der Waals surface area contributed by atoms with Gasteiger partial charge >= 0.3 is 0 Å². The van der Waals surface area contributed by atoms with Crippen LogP contribution in [0.5, 0.6) is 0 Å². The average molecular weight is 424 g/mol. The minimum Gasteiger partial charge on any atom is -0.335 e. The number of anilines is 1. The van der Waals surface area contributed by atoms with Gasteiger partial charge in [0.25, 0.3) is 0 Å². The second-order valence-electron chi connectivity index (χ2n) is 4.95. The van der Waals surface area contributed by atoms with E-state index < -0.39 is 0 Å². The number of halogens is 1. The predicted molar refractivity (Wildman–Crippen MR) is 102 cm³/mol. The van der Waals surface area contributed by atoms with Crippen molar-refractivity contribution in [3.05, 3.63) is 45.7 Å². The first-order valence-corrected chi connectivity index (χ1v) is 9.63. The summed E-state index contributed by atoms with van der Waals surface area (Å²) in [6.07, 6.45) is 0. The number of thioether (sulfide) groups is 1. The number of hydrogen-bond acceptors (Lipinski definition) is 6. The molecule has 0 atom stereocenters. The van der Waals surface area contributed by atoms with E-state index >= 15 is 0 Å². The molecule has 0 fully saturated rings. The van der Waals surface area contributed by atoms with Crippen molar-refractivity contribution in [1.29, 1.82) is 0 Å². The van der Waals surface area contributed by atoms with Crippen molar-refractivity contribution in [2.45, 2.75) is 12.1 Å². The van der Waals surface area contributed by atoms with Gasteiger partial charge in [0.15, 0.2) is 5.82 Å². The lowest BCUT2D eigenvalue weighted by Crippen LogP contribution is -2.16. The molecular weight excluding hydrogens is 410 g/mol. The zero-order valence-corrected chi connectivity index (χ0v) is 15.9. The number of aromatic nitrogens is 3. The Balaban J connectivity index is 1.61. The Morgan fingerprint density at radius 1 is 1.42 bits per heavy atom. The molecule has 0 aliphatic carbocycles. The van der Waals surface area contributed by atoms with E-state index in [4.69, 9.17) is 5.84 Å². The Kier molecular flexibility index (Phi) is 5.22. The summed E-state index contributed by atoms with van der Waals surface area (Å²) in [5.74, 6) is 6.68. The number of carbonyl (C=O) groups excluding carboxylic acids is 1. The Hall–Kier alpha value is -1.84. The lowest BCUT2D eigenvalue weighted by Gasteiger charge is -2.07. The van der Waals surface area contributed by atoms with Crippen molar-refractivity contribution >= 4 is 50.6 Å². The number of hydrogen-bond donors (Lipinski definition) is 2. The van der Waals surface area contributed by atoms with Gasteiger partial charge in [0.05, 0.1) is 10.6 Å². The number of benzene rings is 1. The summed E-state index contributed by atoms with van der Waals surface area (Å²) in [5.41, 5.74) is 1.82. The molecule has 24 heavy (non-hydrogen) atoms. The number of aryl methyl sites for hydroxylation is 1. The lowest BCUT2D eigenvalue weighted by molar-refractivity contribution is -0.113. The number of amides is 1. The first kappa shape index (κ1) is 17.0. The van der Waals surface area contributed by atoms with Gasteiger partial charge in [-0.25, -0.2) is 4.68 Å². The van der Waals surface area contributed by atoms with Gasteiger partial charge in [-0.3, -0.25) is 4.79 Å². The Labute approximate surface area is 155 Å². The Morgan fingerprint density at radius 2 is 2.25 bits per heavy atom. The minimum atomic E-state index is -0.123. The van der Waals surface area contributed by atoms with E-state index in [0.29, 0.717) is 11.0 Å². The van der Waals surface area contributed by atoms with E-state index in [-0.39, 0.29) is 11.7 Å². The van der Waals surface area contributed by atoms with Crippen LogP contribution >= 0.6 is 39.0 Å². The third kappa shape index (κ3) is 3.80. The fourth-order valence-electron chi connectivity index (χ4n) is 2.00. The number of nitrogen functional groups attached to an aromatic ring is 1. The van der Waals surface area contributed by atoms with Crippen LogP contribution < -0.4 is 11.2 Å². The molecule has 0 bridgehead atoms. The van der Waals surface area contributed by atoms with Gasteiger partial charge in [0.2, 0.25) is 11.1 Å². The maximum Gasteiger partial charge on any atom is 0.234 e. The van der Waals surface area contributed by atoms with Gasteiger partial charge in [-0.2, -0.15) is 0 Å². The molecule has 2 aromatic heterocycles. The summed E-state index contributed by atoms with van der Waals surface area (Å²) in [7, 11) is 0. The molecule has 3 aromatic rings. The quantitative estimate of drug-likeness (QED) is 0.484. The smallest absolute Gasteiger partial charge is 0.234 e. The van der Waals surface area contributed by atoms with Crippen LogP contribution in [0.15, 0.2) is 45.3 Å². The molecular formula is C15H14BrN5OS2. The largest absolute Gasteiger partial charge is 0.335 e. The third-order valence-electron chi connectivity index (χ3n) is 3.18. The second-order valence-corrected chi connectivity index (χ2v) is 7.70. The fraction of sp³-hybridized carbons (Fsp3) is 0.133. The predicted octanol–water partition coefficient (Wildman–Crippen LogP) is 3.52. The van der Waals surface area contributed by atoms with Crippen LogP contribution in [0.1, 0.15) is 5.56 Å². The molecule has 3 rings (SSSR count). The first-order valence-electron chi connectivity index (χ1n) is 6.98. The molecule has 124 valence electrons. The Bertz CT molecular complexity index is 863. The van der Waals surface area contributed by atoms with Crippen molar-refractivity contribution in [2.75, 3.05) is 16.9 Å². The van der Waals surface area contributed by atoms with Gasteiger partial charge in [-0.15, -0.1) is 21.5 Å². The number of thiophene rings is 1. The van der Waals surface area contributed by atoms with Gasteiger partial charge in [0, 0.05) is 10.2 Å². The summed E-state index contributed by atoms with van der Waals surface area (Å²) in [4.78, 5) is 13.0. The number of carbonyl (C=O) groups is 1. The topological polar surface area (TPSA) is 85.8 Å². The van der Waals surface area contributed by atoms with Gasteiger partial charge in [-0.1, -0.05) is 33.8 Å². The highest BCUT2D eigenvalue weighted by Crippen LogP contribution is 2.25. The highest BCUT2D eigenvalue weighted by molar-refractivity contribution is 9.10. The Morgan fingerprint density at radius 3 is 2.96 bits per heavy atom. The van der Waals surface area contributed by atoms with Gasteiger partial charge in [0.1, 0.15) is 0 Å². The van der Waals surface area contributed by atoms with E-state index in [1.54, 1.807) is 0 Å². The second kappa shape index (κ2) is 7.37. The molecule has 2 heterocycles. The van der Waals surface area contributed by atoms with Gasteiger partial charge < -0.3 is 11.2 Å². The van der Waals surface area contributed by atoms with Crippen LogP contribution in [-0.2, 0) is 4.79 Å². The molecule has 0 aliphatic heterocycles. The van der Waals surface area contributed by atoms with Crippen molar-refractivity contribution in [3.8, 4) is 10.7 Å². The molecule has 0 spiro atoms. The molecule has 0 saturated heterocycles. The summed E-state index contributed by atoms with van der Waals surface area (Å²) in [6, 6.07) is 9.51. The summed E-state index contributed by atoms with van der Waals surface area (Å²) >= 11 is 6.22. The molecule has 0 unspecified atom stereocenters. The van der Waals surface area contributed by atoms with Crippen LogP contribution in [0.2, 0.25) is 0 Å². The van der Waals surface area contributed by atoms with Crippen molar-refractivity contribution in [1.82, 2.24) is 14.9 Å². The maximum absolute atomic E-state index is 12.1. The highest BCUT2D eigenvalue weighted by atomic mass is 79.9. The summed E-state index contributed by atoms with van der Waals surface area (Å²) in [5, 5.41) is 13.4. The van der Waals surface area contributed by atoms with Crippen LogP contribution in [-0.4, -0.2) is 26.5 Å². The molecule has 6 nitrogen and oxygen atoms in total. The fourth-order valence-corrected chi connectivity index (χ4v) is 3.61. The summed E-state index contributed by atoms with van der Waals surface area (Å²) < 4.78 is 2.42. The molecule has 0 radical (unpaired) electrons. The SMILES string of the molecule is Cc1cc(NC(=O)CSc2nnc(-c3cccs3)n2N)ccc1Br. The molecule has 1 aromatic carbocycles. The van der Waals surface area contributed by atoms with E-state index in [2.05, 4.69) is 31.4 Å². The van der Waals surface area contributed by atoms with Crippen LogP contribution in [0, 0.1) is 6.92 Å². The molecule has 0 saturated carbocycles. The number of nitrogens with two attached hydrogens (primary N) is 1. The standard InChI is InChI=1S/C15H14BrN5OS2/c1-9-7-10(4-5-11(9)16)18-13(22)8-24-15-20-19-14(21(15)17)12-3-2-6-23-12/h2-7H,8,17H2,1H3,(H,18,22). The van der Waals surface area contributed by atoms with E-state index in [1.807, 2.05) is 42.6 Å². The van der Waals surface area contributed by atoms with Crippen LogP contribution in [0.4, 0.5) is 5.69 Å².